The Balaban J connectivity index is 1.51. The smallest absolute Gasteiger partial charge is 0.227 e. The molecule has 0 aromatic rings. The van der Waals surface area contributed by atoms with Crippen LogP contribution in [0, 0.1) is 17.8 Å². The lowest BCUT2D eigenvalue weighted by Crippen LogP contribution is -2.49. The summed E-state index contributed by atoms with van der Waals surface area (Å²) in [5.74, 6) is 1.73. The number of carbonyl (C=O) groups is 2. The summed E-state index contributed by atoms with van der Waals surface area (Å²) in [6.07, 6.45) is 5.09. The van der Waals surface area contributed by atoms with Crippen LogP contribution in [0.2, 0.25) is 0 Å². The molecule has 3 aliphatic rings. The first-order chi connectivity index (χ1) is 10.6. The molecule has 0 N–H and O–H groups in total. The number of ether oxygens (including phenoxy) is 1. The van der Waals surface area contributed by atoms with Gasteiger partial charge in [0, 0.05) is 32.6 Å². The van der Waals surface area contributed by atoms with E-state index in [9.17, 15) is 9.59 Å². The molecule has 0 bridgehead atoms. The van der Waals surface area contributed by atoms with Gasteiger partial charge in [-0.15, -0.1) is 0 Å². The third-order valence-electron chi connectivity index (χ3n) is 5.37. The van der Waals surface area contributed by atoms with E-state index in [1.165, 1.54) is 12.8 Å². The van der Waals surface area contributed by atoms with Crippen LogP contribution < -0.4 is 0 Å². The molecule has 2 saturated heterocycles. The van der Waals surface area contributed by atoms with Gasteiger partial charge in [-0.25, -0.2) is 0 Å². The van der Waals surface area contributed by atoms with Crippen molar-refractivity contribution in [3.05, 3.63) is 0 Å². The number of hydrogen-bond donors (Lipinski definition) is 0. The highest BCUT2D eigenvalue weighted by atomic mass is 16.5. The fourth-order valence-electron chi connectivity index (χ4n) is 3.68. The number of hydrogen-bond acceptors (Lipinski definition) is 3. The molecule has 0 aromatic heterocycles. The Morgan fingerprint density at radius 2 is 1.82 bits per heavy atom. The molecular formula is C17H28N2O3. The zero-order chi connectivity index (χ0) is 15.5. The second kappa shape index (κ2) is 6.99. The van der Waals surface area contributed by atoms with Crippen molar-refractivity contribution < 1.29 is 14.3 Å². The Hall–Kier alpha value is -1.10. The van der Waals surface area contributed by atoms with Crippen molar-refractivity contribution in [2.45, 2.75) is 39.0 Å². The van der Waals surface area contributed by atoms with Crippen LogP contribution in [-0.2, 0) is 14.3 Å². The molecule has 3 rings (SSSR count). The molecule has 5 heteroatoms. The van der Waals surface area contributed by atoms with E-state index < -0.39 is 0 Å². The van der Waals surface area contributed by atoms with Gasteiger partial charge in [0.25, 0.3) is 0 Å². The molecule has 0 unspecified atom stereocenters. The standard InChI is InChI=1S/C17H28N2O3/c1-13(14-4-5-14)11-16(20)19-6-2-3-15(12-19)17(21)18-7-9-22-10-8-18/h13-15H,2-12H2,1H3/t13-,15-/m0/s1. The topological polar surface area (TPSA) is 49.9 Å². The van der Waals surface area contributed by atoms with Gasteiger partial charge in [0.15, 0.2) is 0 Å². The van der Waals surface area contributed by atoms with Gasteiger partial charge in [-0.05, 0) is 37.5 Å². The SMILES string of the molecule is C[C@@H](CC(=O)N1CCC[C@H](C(=O)N2CCOCC2)C1)C1CC1. The third-order valence-corrected chi connectivity index (χ3v) is 5.37. The van der Waals surface area contributed by atoms with Gasteiger partial charge in [-0.2, -0.15) is 0 Å². The Morgan fingerprint density at radius 1 is 1.09 bits per heavy atom. The Labute approximate surface area is 133 Å². The summed E-state index contributed by atoms with van der Waals surface area (Å²) in [6, 6.07) is 0. The predicted octanol–water partition coefficient (Wildman–Crippen LogP) is 1.52. The number of carbonyl (C=O) groups excluding carboxylic acids is 2. The van der Waals surface area contributed by atoms with Gasteiger partial charge in [0.2, 0.25) is 11.8 Å². The van der Waals surface area contributed by atoms with Crippen molar-refractivity contribution in [1.82, 2.24) is 9.80 Å². The summed E-state index contributed by atoms with van der Waals surface area (Å²) >= 11 is 0. The number of amides is 2. The van der Waals surface area contributed by atoms with Gasteiger partial charge in [0.05, 0.1) is 19.1 Å². The van der Waals surface area contributed by atoms with E-state index in [0.717, 1.165) is 25.3 Å². The average molecular weight is 308 g/mol. The van der Waals surface area contributed by atoms with Crippen LogP contribution in [0.3, 0.4) is 0 Å². The molecule has 2 amide bonds. The first kappa shape index (κ1) is 15.8. The Kier molecular flexibility index (Phi) is 5.01. The second-order valence-corrected chi connectivity index (χ2v) is 7.14. The summed E-state index contributed by atoms with van der Waals surface area (Å²) in [5, 5.41) is 0. The maximum absolute atomic E-state index is 12.6. The molecular weight excluding hydrogens is 280 g/mol. The van der Waals surface area contributed by atoms with Crippen molar-refractivity contribution in [2.75, 3.05) is 39.4 Å². The number of likely N-dealkylation sites (tertiary alicyclic amines) is 1. The zero-order valence-corrected chi connectivity index (χ0v) is 13.6. The normalized spacial score (nSPS) is 27.6. The molecule has 3 fully saturated rings. The first-order valence-corrected chi connectivity index (χ1v) is 8.79. The van der Waals surface area contributed by atoms with Crippen LogP contribution in [0.15, 0.2) is 0 Å². The molecule has 0 radical (unpaired) electrons. The van der Waals surface area contributed by atoms with Crippen molar-refractivity contribution in [1.29, 1.82) is 0 Å². The fourth-order valence-corrected chi connectivity index (χ4v) is 3.68. The van der Waals surface area contributed by atoms with Gasteiger partial charge in [-0.1, -0.05) is 6.92 Å². The number of piperidine rings is 1. The van der Waals surface area contributed by atoms with Crippen LogP contribution in [0.4, 0.5) is 0 Å². The summed E-state index contributed by atoms with van der Waals surface area (Å²) in [7, 11) is 0. The number of nitrogens with zero attached hydrogens (tertiary/aromatic N) is 2. The lowest BCUT2D eigenvalue weighted by molar-refractivity contribution is -0.144. The Morgan fingerprint density at radius 3 is 2.50 bits per heavy atom. The van der Waals surface area contributed by atoms with E-state index in [-0.39, 0.29) is 17.7 Å². The zero-order valence-electron chi connectivity index (χ0n) is 13.6. The highest BCUT2D eigenvalue weighted by Gasteiger charge is 2.34. The number of morpholine rings is 1. The monoisotopic (exact) mass is 308 g/mol. The largest absolute Gasteiger partial charge is 0.378 e. The van der Waals surface area contributed by atoms with E-state index in [2.05, 4.69) is 6.92 Å². The summed E-state index contributed by atoms with van der Waals surface area (Å²) in [6.45, 7) is 6.30. The first-order valence-electron chi connectivity index (χ1n) is 8.79. The van der Waals surface area contributed by atoms with Crippen LogP contribution >= 0.6 is 0 Å². The van der Waals surface area contributed by atoms with Crippen molar-refractivity contribution in [3.63, 3.8) is 0 Å². The molecule has 1 aliphatic carbocycles. The molecule has 5 nitrogen and oxygen atoms in total. The van der Waals surface area contributed by atoms with Crippen molar-refractivity contribution >= 4 is 11.8 Å². The Bertz CT molecular complexity index is 416. The molecule has 22 heavy (non-hydrogen) atoms. The molecule has 2 atom stereocenters. The molecule has 0 aromatic carbocycles. The minimum atomic E-state index is -0.00738. The van der Waals surface area contributed by atoms with E-state index >= 15 is 0 Å². The lowest BCUT2D eigenvalue weighted by atomic mass is 9.94. The van der Waals surface area contributed by atoms with Crippen molar-refractivity contribution in [2.24, 2.45) is 17.8 Å². The highest BCUT2D eigenvalue weighted by Crippen LogP contribution is 2.38. The predicted molar refractivity (Wildman–Crippen MR) is 83.2 cm³/mol. The second-order valence-electron chi connectivity index (χ2n) is 7.14. The minimum absolute atomic E-state index is 0.00738. The molecule has 2 heterocycles. The summed E-state index contributed by atoms with van der Waals surface area (Å²) < 4.78 is 5.31. The van der Waals surface area contributed by atoms with Crippen LogP contribution in [0.1, 0.15) is 39.0 Å². The van der Waals surface area contributed by atoms with Crippen LogP contribution in [-0.4, -0.2) is 61.0 Å². The maximum Gasteiger partial charge on any atom is 0.227 e. The van der Waals surface area contributed by atoms with Gasteiger partial charge in [-0.3, -0.25) is 9.59 Å². The van der Waals surface area contributed by atoms with E-state index in [1.54, 1.807) is 0 Å². The van der Waals surface area contributed by atoms with Crippen LogP contribution in [0.25, 0.3) is 0 Å². The van der Waals surface area contributed by atoms with Gasteiger partial charge >= 0.3 is 0 Å². The van der Waals surface area contributed by atoms with Gasteiger partial charge < -0.3 is 14.5 Å². The van der Waals surface area contributed by atoms with Gasteiger partial charge in [0.1, 0.15) is 0 Å². The quantitative estimate of drug-likeness (QED) is 0.791. The lowest BCUT2D eigenvalue weighted by Gasteiger charge is -2.36. The summed E-state index contributed by atoms with van der Waals surface area (Å²) in [4.78, 5) is 28.9. The summed E-state index contributed by atoms with van der Waals surface area (Å²) in [5.41, 5.74) is 0. The third kappa shape index (κ3) is 3.80. The maximum atomic E-state index is 12.6. The molecule has 0 spiro atoms. The fraction of sp³-hybridized carbons (Fsp3) is 0.882. The minimum Gasteiger partial charge on any atom is -0.378 e. The average Bonchev–Trinajstić information content (AvgIpc) is 3.40. The van der Waals surface area contributed by atoms with Crippen molar-refractivity contribution in [3.8, 4) is 0 Å². The van der Waals surface area contributed by atoms with Crippen LogP contribution in [0.5, 0.6) is 0 Å². The molecule has 1 saturated carbocycles. The number of rotatable bonds is 4. The molecule has 124 valence electrons. The highest BCUT2D eigenvalue weighted by molar-refractivity contribution is 5.81. The van der Waals surface area contributed by atoms with E-state index in [1.807, 2.05) is 9.80 Å². The van der Waals surface area contributed by atoms with E-state index in [4.69, 9.17) is 4.74 Å². The molecule has 2 aliphatic heterocycles. The van der Waals surface area contributed by atoms with E-state index in [0.29, 0.717) is 45.2 Å².